The third kappa shape index (κ3) is 3.59. The summed E-state index contributed by atoms with van der Waals surface area (Å²) in [6.45, 7) is 2.78. The number of amides is 2. The SMILES string of the molecule is C[C@@H](C(=O)N1CCC(C(=O)Nc2ccc3c(c2)OCO3)CC1)n1c(=O)oc2ccccc21. The quantitative estimate of drug-likeness (QED) is 0.673. The predicted octanol–water partition coefficient (Wildman–Crippen LogP) is 2.76. The van der Waals surface area contributed by atoms with Crippen LogP contribution >= 0.6 is 0 Å². The molecular formula is C23H23N3O6. The molecule has 3 heterocycles. The van der Waals surface area contributed by atoms with E-state index >= 15 is 0 Å². The lowest BCUT2D eigenvalue weighted by atomic mass is 9.95. The van der Waals surface area contributed by atoms with E-state index in [1.807, 2.05) is 0 Å². The topological polar surface area (TPSA) is 103 Å². The second kappa shape index (κ2) is 8.07. The van der Waals surface area contributed by atoms with Crippen molar-refractivity contribution in [3.05, 3.63) is 53.0 Å². The minimum atomic E-state index is -0.690. The number of oxazole rings is 1. The summed E-state index contributed by atoms with van der Waals surface area (Å²) >= 11 is 0. The molecule has 2 aliphatic rings. The third-order valence-corrected chi connectivity index (χ3v) is 6.08. The second-order valence-electron chi connectivity index (χ2n) is 8.04. The highest BCUT2D eigenvalue weighted by molar-refractivity contribution is 5.93. The molecule has 32 heavy (non-hydrogen) atoms. The molecule has 1 saturated heterocycles. The van der Waals surface area contributed by atoms with Crippen LogP contribution in [0.2, 0.25) is 0 Å². The molecule has 1 fully saturated rings. The van der Waals surface area contributed by atoms with Crippen molar-refractivity contribution in [2.45, 2.75) is 25.8 Å². The molecule has 3 aromatic rings. The maximum atomic E-state index is 13.1. The maximum absolute atomic E-state index is 13.1. The summed E-state index contributed by atoms with van der Waals surface area (Å²) in [5, 5.41) is 2.92. The number of nitrogens with zero attached hydrogens (tertiary/aromatic N) is 2. The van der Waals surface area contributed by atoms with Crippen molar-refractivity contribution in [2.24, 2.45) is 5.92 Å². The Labute approximate surface area is 183 Å². The number of carbonyl (C=O) groups excluding carboxylic acids is 2. The summed E-state index contributed by atoms with van der Waals surface area (Å²) in [5.41, 5.74) is 1.70. The number of fused-ring (bicyclic) bond motifs is 2. The molecule has 166 valence electrons. The molecule has 2 amide bonds. The van der Waals surface area contributed by atoms with Crippen LogP contribution in [-0.2, 0) is 9.59 Å². The lowest BCUT2D eigenvalue weighted by Gasteiger charge is -2.33. The van der Waals surface area contributed by atoms with Crippen molar-refractivity contribution >= 4 is 28.6 Å². The molecule has 2 aromatic carbocycles. The fraction of sp³-hybridized carbons (Fsp3) is 0.348. The molecule has 0 bridgehead atoms. The Balaban J connectivity index is 1.21. The first kappa shape index (κ1) is 20.2. The number of aromatic nitrogens is 1. The monoisotopic (exact) mass is 437 g/mol. The summed E-state index contributed by atoms with van der Waals surface area (Å²) in [5.74, 6) is 0.282. The van der Waals surface area contributed by atoms with Gasteiger partial charge in [0.1, 0.15) is 6.04 Å². The van der Waals surface area contributed by atoms with Gasteiger partial charge in [0.15, 0.2) is 17.1 Å². The lowest BCUT2D eigenvalue weighted by Crippen LogP contribution is -2.44. The van der Waals surface area contributed by atoms with Crippen LogP contribution in [0.1, 0.15) is 25.8 Å². The molecular weight excluding hydrogens is 414 g/mol. The van der Waals surface area contributed by atoms with E-state index < -0.39 is 11.8 Å². The van der Waals surface area contributed by atoms with Crippen molar-refractivity contribution in [1.82, 2.24) is 9.47 Å². The number of carbonyl (C=O) groups is 2. The van der Waals surface area contributed by atoms with E-state index in [1.165, 1.54) is 4.57 Å². The van der Waals surface area contributed by atoms with Crippen LogP contribution in [0, 0.1) is 5.92 Å². The van der Waals surface area contributed by atoms with E-state index in [0.717, 1.165) is 0 Å². The largest absolute Gasteiger partial charge is 0.454 e. The van der Waals surface area contributed by atoms with Crippen LogP contribution in [-0.4, -0.2) is 41.2 Å². The Bertz CT molecular complexity index is 1240. The van der Waals surface area contributed by atoms with E-state index in [2.05, 4.69) is 5.32 Å². The zero-order chi connectivity index (χ0) is 22.2. The molecule has 1 N–H and O–H groups in total. The van der Waals surface area contributed by atoms with Crippen LogP contribution in [0.25, 0.3) is 11.1 Å². The fourth-order valence-electron chi connectivity index (χ4n) is 4.31. The maximum Gasteiger partial charge on any atom is 0.420 e. The van der Waals surface area contributed by atoms with Crippen LogP contribution in [0.15, 0.2) is 51.7 Å². The van der Waals surface area contributed by atoms with Gasteiger partial charge in [-0.05, 0) is 44.0 Å². The van der Waals surface area contributed by atoms with E-state index in [9.17, 15) is 14.4 Å². The summed E-state index contributed by atoms with van der Waals surface area (Å²) < 4.78 is 17.3. The number of benzene rings is 2. The Morgan fingerprint density at radius 2 is 1.81 bits per heavy atom. The Morgan fingerprint density at radius 1 is 1.06 bits per heavy atom. The summed E-state index contributed by atoms with van der Waals surface area (Å²) in [4.78, 5) is 39.8. The summed E-state index contributed by atoms with van der Waals surface area (Å²) in [6.07, 6.45) is 1.10. The van der Waals surface area contributed by atoms with Gasteiger partial charge in [0.05, 0.1) is 5.52 Å². The average molecular weight is 437 g/mol. The standard InChI is InChI=1S/C23H23N3O6/c1-14(26-17-4-2-3-5-18(17)32-23(26)29)22(28)25-10-8-15(9-11-25)21(27)24-16-6-7-19-20(12-16)31-13-30-19/h2-7,12,14-15H,8-11,13H2,1H3,(H,24,27)/t14-/m0/s1. The van der Waals surface area contributed by atoms with Crippen molar-refractivity contribution in [3.63, 3.8) is 0 Å². The number of para-hydroxylation sites is 2. The molecule has 0 saturated carbocycles. The van der Waals surface area contributed by atoms with Gasteiger partial charge in [-0.25, -0.2) is 4.79 Å². The number of hydrogen-bond acceptors (Lipinski definition) is 6. The van der Waals surface area contributed by atoms with Gasteiger partial charge < -0.3 is 24.1 Å². The van der Waals surface area contributed by atoms with Crippen LogP contribution < -0.4 is 20.5 Å². The number of hydrogen-bond donors (Lipinski definition) is 1. The molecule has 5 rings (SSSR count). The van der Waals surface area contributed by atoms with Crippen LogP contribution in [0.3, 0.4) is 0 Å². The van der Waals surface area contributed by atoms with Gasteiger partial charge in [0.2, 0.25) is 18.6 Å². The number of likely N-dealkylation sites (tertiary alicyclic amines) is 1. The van der Waals surface area contributed by atoms with Gasteiger partial charge in [-0.3, -0.25) is 14.2 Å². The summed E-state index contributed by atoms with van der Waals surface area (Å²) in [6, 6.07) is 11.6. The van der Waals surface area contributed by atoms with Gasteiger partial charge in [-0.2, -0.15) is 0 Å². The normalized spacial score (nSPS) is 16.8. The number of ether oxygens (including phenoxy) is 2. The zero-order valence-electron chi connectivity index (χ0n) is 17.6. The molecule has 1 atom stereocenters. The molecule has 0 unspecified atom stereocenters. The fourth-order valence-corrected chi connectivity index (χ4v) is 4.31. The highest BCUT2D eigenvalue weighted by Crippen LogP contribution is 2.34. The minimum absolute atomic E-state index is 0.0824. The average Bonchev–Trinajstić information content (AvgIpc) is 3.41. The summed E-state index contributed by atoms with van der Waals surface area (Å²) in [7, 11) is 0. The van der Waals surface area contributed by atoms with Crippen molar-refractivity contribution in [2.75, 3.05) is 25.2 Å². The predicted molar refractivity (Wildman–Crippen MR) is 116 cm³/mol. The van der Waals surface area contributed by atoms with Crippen molar-refractivity contribution in [1.29, 1.82) is 0 Å². The van der Waals surface area contributed by atoms with Gasteiger partial charge in [-0.1, -0.05) is 12.1 Å². The second-order valence-corrected chi connectivity index (χ2v) is 8.04. The van der Waals surface area contributed by atoms with Crippen LogP contribution in [0.5, 0.6) is 11.5 Å². The number of nitrogens with one attached hydrogen (secondary N) is 1. The Kier molecular flexibility index (Phi) is 5.08. The first-order chi connectivity index (χ1) is 15.5. The van der Waals surface area contributed by atoms with E-state index in [-0.39, 0.29) is 24.5 Å². The van der Waals surface area contributed by atoms with Crippen LogP contribution in [0.4, 0.5) is 5.69 Å². The van der Waals surface area contributed by atoms with Gasteiger partial charge in [-0.15, -0.1) is 0 Å². The van der Waals surface area contributed by atoms with E-state index in [4.69, 9.17) is 13.9 Å². The molecule has 9 nitrogen and oxygen atoms in total. The molecule has 0 aliphatic carbocycles. The first-order valence-corrected chi connectivity index (χ1v) is 10.6. The van der Waals surface area contributed by atoms with Gasteiger partial charge >= 0.3 is 5.76 Å². The smallest absolute Gasteiger partial charge is 0.420 e. The molecule has 0 spiro atoms. The Morgan fingerprint density at radius 3 is 2.62 bits per heavy atom. The van der Waals surface area contributed by atoms with E-state index in [0.29, 0.717) is 54.2 Å². The minimum Gasteiger partial charge on any atom is -0.454 e. The lowest BCUT2D eigenvalue weighted by molar-refractivity contribution is -0.137. The molecule has 2 aliphatic heterocycles. The van der Waals surface area contributed by atoms with Crippen molar-refractivity contribution in [3.8, 4) is 11.5 Å². The van der Waals surface area contributed by atoms with Crippen molar-refractivity contribution < 1.29 is 23.5 Å². The highest BCUT2D eigenvalue weighted by atomic mass is 16.7. The first-order valence-electron chi connectivity index (χ1n) is 10.6. The Hall–Kier alpha value is -3.75. The molecule has 0 radical (unpaired) electrons. The third-order valence-electron chi connectivity index (χ3n) is 6.08. The number of piperidine rings is 1. The number of rotatable bonds is 4. The highest BCUT2D eigenvalue weighted by Gasteiger charge is 2.31. The molecule has 9 heteroatoms. The zero-order valence-corrected chi connectivity index (χ0v) is 17.6. The van der Waals surface area contributed by atoms with Gasteiger partial charge in [0, 0.05) is 30.8 Å². The molecule has 1 aromatic heterocycles. The number of anilines is 1. The van der Waals surface area contributed by atoms with E-state index in [1.54, 1.807) is 54.3 Å². The van der Waals surface area contributed by atoms with Gasteiger partial charge in [0.25, 0.3) is 0 Å².